The minimum atomic E-state index is -0.214. The van der Waals surface area contributed by atoms with Crippen LogP contribution >= 0.6 is 11.6 Å². The number of carbonyl (C=O) groups is 1. The van der Waals surface area contributed by atoms with Gasteiger partial charge in [-0.05, 0) is 6.42 Å². The van der Waals surface area contributed by atoms with Crippen molar-refractivity contribution in [3.63, 3.8) is 0 Å². The molecule has 4 heteroatoms. The second kappa shape index (κ2) is 5.99. The van der Waals surface area contributed by atoms with Gasteiger partial charge in [-0.2, -0.15) is 5.26 Å². The zero-order chi connectivity index (χ0) is 8.69. The van der Waals surface area contributed by atoms with Crippen LogP contribution in [0.4, 0.5) is 0 Å². The van der Waals surface area contributed by atoms with E-state index in [4.69, 9.17) is 16.9 Å². The van der Waals surface area contributed by atoms with Crippen molar-refractivity contribution >= 4 is 17.5 Å². The number of alkyl halides is 1. The molecule has 0 spiro atoms. The first-order valence-corrected chi connectivity index (χ1v) is 4.00. The molecule has 0 aromatic rings. The summed E-state index contributed by atoms with van der Waals surface area (Å²) in [6.07, 6.45) is 1.11. The largest absolute Gasteiger partial charge is 0.351 e. The Morgan fingerprint density at radius 1 is 1.82 bits per heavy atom. The molecular formula is C7H11ClN2O. The van der Waals surface area contributed by atoms with Gasteiger partial charge in [-0.15, -0.1) is 11.6 Å². The monoisotopic (exact) mass is 174 g/mol. The molecule has 3 nitrogen and oxygen atoms in total. The smallest absolute Gasteiger partial charge is 0.235 e. The molecule has 0 saturated carbocycles. The van der Waals surface area contributed by atoms with Crippen LogP contribution < -0.4 is 5.32 Å². The standard InChI is InChI=1S/C7H11ClN2O/c1-2-6(3-4-9)10-7(11)5-8/h6H,2-3,5H2,1H3,(H,10,11)/t6-/m1/s1. The molecule has 0 heterocycles. The molecular weight excluding hydrogens is 164 g/mol. The number of nitriles is 1. The molecule has 0 aliphatic carbocycles. The number of hydrogen-bond donors (Lipinski definition) is 1. The third-order valence-corrected chi connectivity index (χ3v) is 1.56. The van der Waals surface area contributed by atoms with Gasteiger partial charge in [-0.1, -0.05) is 6.92 Å². The Balaban J connectivity index is 3.70. The lowest BCUT2D eigenvalue weighted by molar-refractivity contribution is -0.119. The molecule has 0 aliphatic heterocycles. The summed E-state index contributed by atoms with van der Waals surface area (Å²) >= 11 is 5.26. The summed E-state index contributed by atoms with van der Waals surface area (Å²) in [7, 11) is 0. The highest BCUT2D eigenvalue weighted by Gasteiger charge is 2.07. The third kappa shape index (κ3) is 4.63. The first-order valence-electron chi connectivity index (χ1n) is 3.46. The number of hydrogen-bond acceptors (Lipinski definition) is 2. The van der Waals surface area contributed by atoms with Crippen LogP contribution in [0.5, 0.6) is 0 Å². The van der Waals surface area contributed by atoms with Crippen LogP contribution in [0.25, 0.3) is 0 Å². The molecule has 0 aromatic heterocycles. The maximum absolute atomic E-state index is 10.7. The summed E-state index contributed by atoms with van der Waals surface area (Å²) < 4.78 is 0. The quantitative estimate of drug-likeness (QED) is 0.648. The number of carbonyl (C=O) groups excluding carboxylic acids is 1. The van der Waals surface area contributed by atoms with Crippen molar-refractivity contribution < 1.29 is 4.79 Å². The average Bonchev–Trinajstić information content (AvgIpc) is 2.03. The summed E-state index contributed by atoms with van der Waals surface area (Å²) in [4.78, 5) is 10.7. The van der Waals surface area contributed by atoms with E-state index in [1.165, 1.54) is 0 Å². The van der Waals surface area contributed by atoms with E-state index in [2.05, 4.69) is 5.32 Å². The summed E-state index contributed by atoms with van der Waals surface area (Å²) in [5.41, 5.74) is 0. The molecule has 0 fully saturated rings. The zero-order valence-corrected chi connectivity index (χ0v) is 7.19. The van der Waals surface area contributed by atoms with Crippen molar-refractivity contribution in [3.8, 4) is 6.07 Å². The average molecular weight is 175 g/mol. The van der Waals surface area contributed by atoms with Gasteiger partial charge in [-0.3, -0.25) is 4.79 Å². The Hall–Kier alpha value is -0.750. The lowest BCUT2D eigenvalue weighted by Gasteiger charge is -2.11. The Morgan fingerprint density at radius 3 is 2.82 bits per heavy atom. The molecule has 0 bridgehead atoms. The van der Waals surface area contributed by atoms with Gasteiger partial charge in [0.15, 0.2) is 0 Å². The Labute approximate surface area is 71.3 Å². The Morgan fingerprint density at radius 2 is 2.45 bits per heavy atom. The van der Waals surface area contributed by atoms with Crippen LogP contribution in [0.15, 0.2) is 0 Å². The van der Waals surface area contributed by atoms with Gasteiger partial charge in [0.25, 0.3) is 0 Å². The van der Waals surface area contributed by atoms with Crippen molar-refractivity contribution in [1.82, 2.24) is 5.32 Å². The highest BCUT2D eigenvalue weighted by atomic mass is 35.5. The zero-order valence-electron chi connectivity index (χ0n) is 6.43. The van der Waals surface area contributed by atoms with Gasteiger partial charge in [0, 0.05) is 6.04 Å². The highest BCUT2D eigenvalue weighted by molar-refractivity contribution is 6.27. The predicted molar refractivity (Wildman–Crippen MR) is 43.2 cm³/mol. The number of rotatable bonds is 4. The van der Waals surface area contributed by atoms with Gasteiger partial charge in [0.05, 0.1) is 12.5 Å². The van der Waals surface area contributed by atoms with Gasteiger partial charge < -0.3 is 5.32 Å². The molecule has 0 saturated heterocycles. The van der Waals surface area contributed by atoms with Crippen molar-refractivity contribution in [2.45, 2.75) is 25.8 Å². The molecule has 0 unspecified atom stereocenters. The van der Waals surface area contributed by atoms with Crippen molar-refractivity contribution in [2.75, 3.05) is 5.88 Å². The van der Waals surface area contributed by atoms with Gasteiger partial charge >= 0.3 is 0 Å². The Bertz CT molecular complexity index is 164. The fourth-order valence-corrected chi connectivity index (χ4v) is 0.751. The van der Waals surface area contributed by atoms with Crippen molar-refractivity contribution in [2.24, 2.45) is 0 Å². The van der Waals surface area contributed by atoms with Crippen molar-refractivity contribution in [3.05, 3.63) is 0 Å². The lowest BCUT2D eigenvalue weighted by atomic mass is 10.2. The van der Waals surface area contributed by atoms with E-state index >= 15 is 0 Å². The minimum absolute atomic E-state index is 0.0398. The summed E-state index contributed by atoms with van der Waals surface area (Å²) in [5, 5.41) is 10.9. The van der Waals surface area contributed by atoms with Gasteiger partial charge in [0.1, 0.15) is 5.88 Å². The fourth-order valence-electron chi connectivity index (χ4n) is 0.674. The van der Waals surface area contributed by atoms with Crippen LogP contribution in [-0.4, -0.2) is 17.8 Å². The molecule has 1 amide bonds. The number of halogens is 1. The first kappa shape index (κ1) is 10.2. The van der Waals surface area contributed by atoms with Crippen LogP contribution in [0.1, 0.15) is 19.8 Å². The van der Waals surface area contributed by atoms with Crippen LogP contribution in [0.3, 0.4) is 0 Å². The lowest BCUT2D eigenvalue weighted by Crippen LogP contribution is -2.34. The van der Waals surface area contributed by atoms with E-state index in [1.54, 1.807) is 0 Å². The first-order chi connectivity index (χ1) is 5.24. The Kier molecular flexibility index (Phi) is 5.58. The van der Waals surface area contributed by atoms with E-state index in [0.717, 1.165) is 6.42 Å². The minimum Gasteiger partial charge on any atom is -0.351 e. The number of nitrogens with zero attached hydrogens (tertiary/aromatic N) is 1. The molecule has 1 N–H and O–H groups in total. The number of amides is 1. The molecule has 0 radical (unpaired) electrons. The SMILES string of the molecule is CC[C@H](CC#N)NC(=O)CCl. The van der Waals surface area contributed by atoms with Gasteiger partial charge in [0.2, 0.25) is 5.91 Å². The fraction of sp³-hybridized carbons (Fsp3) is 0.714. The molecule has 1 atom stereocenters. The topological polar surface area (TPSA) is 52.9 Å². The molecule has 62 valence electrons. The van der Waals surface area contributed by atoms with E-state index in [0.29, 0.717) is 6.42 Å². The predicted octanol–water partition coefficient (Wildman–Crippen LogP) is 1.03. The van der Waals surface area contributed by atoms with E-state index in [-0.39, 0.29) is 17.8 Å². The molecule has 0 aliphatic rings. The van der Waals surface area contributed by atoms with Crippen molar-refractivity contribution in [1.29, 1.82) is 5.26 Å². The maximum atomic E-state index is 10.7. The molecule has 0 aromatic carbocycles. The van der Waals surface area contributed by atoms with E-state index in [9.17, 15) is 4.79 Å². The molecule has 11 heavy (non-hydrogen) atoms. The normalized spacial score (nSPS) is 11.7. The third-order valence-electron chi connectivity index (χ3n) is 1.32. The maximum Gasteiger partial charge on any atom is 0.235 e. The summed E-state index contributed by atoms with van der Waals surface area (Å²) in [6, 6.07) is 1.94. The summed E-state index contributed by atoms with van der Waals surface area (Å²) in [6.45, 7) is 1.91. The van der Waals surface area contributed by atoms with Crippen LogP contribution in [0, 0.1) is 11.3 Å². The van der Waals surface area contributed by atoms with E-state index in [1.807, 2.05) is 13.0 Å². The highest BCUT2D eigenvalue weighted by Crippen LogP contribution is 1.95. The van der Waals surface area contributed by atoms with Crippen LogP contribution in [-0.2, 0) is 4.79 Å². The van der Waals surface area contributed by atoms with E-state index < -0.39 is 0 Å². The second-order valence-corrected chi connectivity index (χ2v) is 2.44. The van der Waals surface area contributed by atoms with Crippen LogP contribution in [0.2, 0.25) is 0 Å². The summed E-state index contributed by atoms with van der Waals surface area (Å²) in [5.74, 6) is -0.254. The molecule has 0 rings (SSSR count). The van der Waals surface area contributed by atoms with Gasteiger partial charge in [-0.25, -0.2) is 0 Å². The second-order valence-electron chi connectivity index (χ2n) is 2.17. The number of nitrogens with one attached hydrogen (secondary N) is 1.